The van der Waals surface area contributed by atoms with Crippen molar-refractivity contribution < 1.29 is 0 Å². The van der Waals surface area contributed by atoms with E-state index in [-0.39, 0.29) is 5.41 Å². The SMILES string of the molecule is Cc1ccc(C2=C3c4ccccc4C(c4ccc(C)cc4)C3(C)C=CC=C2)cc1. The summed E-state index contributed by atoms with van der Waals surface area (Å²) < 4.78 is 0. The number of allylic oxidation sites excluding steroid dienone is 6. The van der Waals surface area contributed by atoms with Crippen molar-refractivity contribution in [3.05, 3.63) is 130 Å². The van der Waals surface area contributed by atoms with Gasteiger partial charge in [-0.05, 0) is 47.2 Å². The summed E-state index contributed by atoms with van der Waals surface area (Å²) in [4.78, 5) is 0. The molecule has 0 aliphatic heterocycles. The summed E-state index contributed by atoms with van der Waals surface area (Å²) >= 11 is 0. The van der Waals surface area contributed by atoms with Crippen LogP contribution in [0.2, 0.25) is 0 Å². The second kappa shape index (κ2) is 6.74. The van der Waals surface area contributed by atoms with Gasteiger partial charge in [0.05, 0.1) is 0 Å². The second-order valence-corrected chi connectivity index (χ2v) is 8.59. The minimum atomic E-state index is -0.0946. The molecule has 0 bridgehead atoms. The van der Waals surface area contributed by atoms with E-state index >= 15 is 0 Å². The van der Waals surface area contributed by atoms with E-state index in [1.165, 1.54) is 44.5 Å². The molecule has 0 fully saturated rings. The maximum atomic E-state index is 2.41. The number of hydrogen-bond donors (Lipinski definition) is 0. The van der Waals surface area contributed by atoms with E-state index in [4.69, 9.17) is 0 Å². The van der Waals surface area contributed by atoms with Crippen LogP contribution in [0.15, 0.2) is 97.1 Å². The standard InChI is InChI=1S/C29H26/c1-20-11-15-22(16-12-20)24-8-6-7-19-29(3)27(23-17-13-21(2)14-18-23)25-9-4-5-10-26(25)28(24)29/h4-19,27H,1-3H3. The zero-order valence-corrected chi connectivity index (χ0v) is 17.3. The van der Waals surface area contributed by atoms with Gasteiger partial charge in [0.1, 0.15) is 0 Å². The van der Waals surface area contributed by atoms with Crippen molar-refractivity contribution in [1.29, 1.82) is 0 Å². The number of fused-ring (bicyclic) bond motifs is 3. The number of rotatable bonds is 2. The van der Waals surface area contributed by atoms with Crippen molar-refractivity contribution in [2.75, 3.05) is 0 Å². The predicted molar refractivity (Wildman–Crippen MR) is 124 cm³/mol. The molecular formula is C29H26. The van der Waals surface area contributed by atoms with Gasteiger partial charge in [0.25, 0.3) is 0 Å². The van der Waals surface area contributed by atoms with Crippen molar-refractivity contribution >= 4 is 11.1 Å². The molecule has 0 aromatic heterocycles. The Bertz CT molecular complexity index is 1150. The number of aryl methyl sites for hydroxylation is 2. The lowest BCUT2D eigenvalue weighted by Crippen LogP contribution is -2.20. The van der Waals surface area contributed by atoms with Crippen molar-refractivity contribution in [2.24, 2.45) is 5.41 Å². The highest BCUT2D eigenvalue weighted by Gasteiger charge is 2.46. The van der Waals surface area contributed by atoms with Crippen LogP contribution in [0.3, 0.4) is 0 Å². The third-order valence-electron chi connectivity index (χ3n) is 6.54. The molecule has 0 saturated carbocycles. The van der Waals surface area contributed by atoms with Crippen molar-refractivity contribution in [1.82, 2.24) is 0 Å². The maximum Gasteiger partial charge on any atom is 0.0228 e. The van der Waals surface area contributed by atoms with Crippen molar-refractivity contribution in [3.8, 4) is 0 Å². The van der Waals surface area contributed by atoms with E-state index in [2.05, 4.69) is 118 Å². The van der Waals surface area contributed by atoms with E-state index < -0.39 is 0 Å². The molecule has 3 aromatic rings. The highest BCUT2D eigenvalue weighted by molar-refractivity contribution is 6.02. The Balaban J connectivity index is 1.81. The Morgan fingerprint density at radius 3 is 2.10 bits per heavy atom. The van der Waals surface area contributed by atoms with Gasteiger partial charge >= 0.3 is 0 Å². The van der Waals surface area contributed by atoms with Crippen LogP contribution in [0.1, 0.15) is 46.2 Å². The predicted octanol–water partition coefficient (Wildman–Crippen LogP) is 7.49. The molecule has 0 heterocycles. The fraction of sp³-hybridized carbons (Fsp3) is 0.172. The monoisotopic (exact) mass is 374 g/mol. The molecule has 142 valence electrons. The van der Waals surface area contributed by atoms with Gasteiger partial charge in [-0.1, -0.05) is 115 Å². The molecule has 0 amide bonds. The first-order valence-electron chi connectivity index (χ1n) is 10.4. The molecule has 0 radical (unpaired) electrons. The first kappa shape index (κ1) is 17.9. The lowest BCUT2D eigenvalue weighted by Gasteiger charge is -2.32. The third kappa shape index (κ3) is 2.83. The van der Waals surface area contributed by atoms with Crippen LogP contribution >= 0.6 is 0 Å². The Kier molecular flexibility index (Phi) is 4.17. The summed E-state index contributed by atoms with van der Waals surface area (Å²) in [6.07, 6.45) is 9.12. The van der Waals surface area contributed by atoms with E-state index in [9.17, 15) is 0 Å². The van der Waals surface area contributed by atoms with Gasteiger partial charge in [-0.15, -0.1) is 0 Å². The zero-order valence-electron chi connectivity index (χ0n) is 17.3. The van der Waals surface area contributed by atoms with E-state index in [1.54, 1.807) is 0 Å². The molecule has 2 aliphatic carbocycles. The highest BCUT2D eigenvalue weighted by Crippen LogP contribution is 2.60. The zero-order chi connectivity index (χ0) is 20.0. The van der Waals surface area contributed by atoms with Gasteiger partial charge in [0.15, 0.2) is 0 Å². The van der Waals surface area contributed by atoms with Crippen LogP contribution in [0, 0.1) is 19.3 Å². The van der Waals surface area contributed by atoms with Crippen LogP contribution in [0.25, 0.3) is 11.1 Å². The smallest absolute Gasteiger partial charge is 0.0228 e. The van der Waals surface area contributed by atoms with Gasteiger partial charge in [-0.2, -0.15) is 0 Å². The Hall–Kier alpha value is -3.12. The summed E-state index contributed by atoms with van der Waals surface area (Å²) in [7, 11) is 0. The normalized spacial score (nSPS) is 22.4. The Morgan fingerprint density at radius 2 is 1.38 bits per heavy atom. The first-order chi connectivity index (χ1) is 14.1. The Morgan fingerprint density at radius 1 is 0.724 bits per heavy atom. The fourth-order valence-corrected chi connectivity index (χ4v) is 5.10. The van der Waals surface area contributed by atoms with Crippen LogP contribution in [-0.2, 0) is 0 Å². The first-order valence-corrected chi connectivity index (χ1v) is 10.4. The van der Waals surface area contributed by atoms with Crippen LogP contribution in [-0.4, -0.2) is 0 Å². The minimum absolute atomic E-state index is 0.0946. The largest absolute Gasteiger partial charge is 0.0732 e. The van der Waals surface area contributed by atoms with Crippen molar-refractivity contribution in [3.63, 3.8) is 0 Å². The van der Waals surface area contributed by atoms with Crippen molar-refractivity contribution in [2.45, 2.75) is 26.7 Å². The topological polar surface area (TPSA) is 0 Å². The quantitative estimate of drug-likeness (QED) is 0.436. The third-order valence-corrected chi connectivity index (χ3v) is 6.54. The molecule has 2 unspecified atom stereocenters. The fourth-order valence-electron chi connectivity index (χ4n) is 5.10. The van der Waals surface area contributed by atoms with E-state index in [1.807, 2.05) is 0 Å². The summed E-state index contributed by atoms with van der Waals surface area (Å²) in [6, 6.07) is 27.0. The van der Waals surface area contributed by atoms with Gasteiger partial charge in [0, 0.05) is 11.3 Å². The average Bonchev–Trinajstić information content (AvgIpc) is 2.85. The van der Waals surface area contributed by atoms with Gasteiger partial charge in [-0.25, -0.2) is 0 Å². The molecule has 0 heteroatoms. The summed E-state index contributed by atoms with van der Waals surface area (Å²) in [5.74, 6) is 0.311. The van der Waals surface area contributed by atoms with Crippen LogP contribution in [0.4, 0.5) is 0 Å². The van der Waals surface area contributed by atoms with Crippen LogP contribution < -0.4 is 0 Å². The maximum absolute atomic E-state index is 2.41. The molecule has 0 nitrogen and oxygen atoms in total. The van der Waals surface area contributed by atoms with E-state index in [0.717, 1.165) is 0 Å². The molecule has 2 aliphatic rings. The number of benzene rings is 3. The molecule has 29 heavy (non-hydrogen) atoms. The summed E-state index contributed by atoms with van der Waals surface area (Å²) in [5.41, 5.74) is 10.8. The van der Waals surface area contributed by atoms with Gasteiger partial charge in [0.2, 0.25) is 0 Å². The lowest BCUT2D eigenvalue weighted by molar-refractivity contribution is 0.522. The lowest BCUT2D eigenvalue weighted by atomic mass is 9.70. The van der Waals surface area contributed by atoms with Gasteiger partial charge in [-0.3, -0.25) is 0 Å². The average molecular weight is 375 g/mol. The second-order valence-electron chi connectivity index (χ2n) is 8.59. The molecule has 3 aromatic carbocycles. The summed E-state index contributed by atoms with van der Waals surface area (Å²) in [5, 5.41) is 0. The molecule has 0 N–H and O–H groups in total. The molecular weight excluding hydrogens is 348 g/mol. The highest BCUT2D eigenvalue weighted by atomic mass is 14.5. The molecule has 2 atom stereocenters. The minimum Gasteiger partial charge on any atom is -0.0732 e. The van der Waals surface area contributed by atoms with E-state index in [0.29, 0.717) is 5.92 Å². The Labute approximate surface area is 173 Å². The summed E-state index contributed by atoms with van der Waals surface area (Å²) in [6.45, 7) is 6.71. The molecule has 0 saturated heterocycles. The molecule has 0 spiro atoms. The number of hydrogen-bond acceptors (Lipinski definition) is 0. The van der Waals surface area contributed by atoms with Gasteiger partial charge < -0.3 is 0 Å². The van der Waals surface area contributed by atoms with Crippen LogP contribution in [0.5, 0.6) is 0 Å². The molecule has 5 rings (SSSR count).